The number of likely N-dealkylation sites (tertiary alicyclic amines) is 1. The average Bonchev–Trinajstić information content (AvgIpc) is 2.19. The van der Waals surface area contributed by atoms with E-state index in [1.165, 1.54) is 19.4 Å². The van der Waals surface area contributed by atoms with E-state index in [1.54, 1.807) is 7.11 Å². The molecule has 0 spiro atoms. The van der Waals surface area contributed by atoms with E-state index < -0.39 is 0 Å². The molecule has 0 bridgehead atoms. The number of nitrogens with zero attached hydrogens (tertiary/aromatic N) is 1. The molecule has 1 rings (SSSR count). The van der Waals surface area contributed by atoms with E-state index in [9.17, 15) is 0 Å². The molecule has 0 amide bonds. The first-order valence-electron chi connectivity index (χ1n) is 5.61. The van der Waals surface area contributed by atoms with Gasteiger partial charge in [-0.2, -0.15) is 0 Å². The summed E-state index contributed by atoms with van der Waals surface area (Å²) in [5.41, 5.74) is 0. The minimum atomic E-state index is 0.331. The van der Waals surface area contributed by atoms with Crippen LogP contribution in [0, 0.1) is 5.92 Å². The van der Waals surface area contributed by atoms with E-state index in [1.807, 2.05) is 0 Å². The van der Waals surface area contributed by atoms with Gasteiger partial charge in [-0.25, -0.2) is 0 Å². The fourth-order valence-corrected chi connectivity index (χ4v) is 2.26. The molecule has 0 saturated carbocycles. The van der Waals surface area contributed by atoms with Gasteiger partial charge in [0.05, 0.1) is 6.61 Å². The van der Waals surface area contributed by atoms with Crippen molar-refractivity contribution in [3.8, 4) is 0 Å². The highest BCUT2D eigenvalue weighted by Gasteiger charge is 2.22. The van der Waals surface area contributed by atoms with Crippen LogP contribution >= 0.6 is 0 Å². The van der Waals surface area contributed by atoms with Gasteiger partial charge in [0.1, 0.15) is 0 Å². The molecule has 3 heteroatoms. The zero-order chi connectivity index (χ0) is 10.4. The average molecular weight is 201 g/mol. The number of hydrogen-bond acceptors (Lipinski definition) is 3. The van der Waals surface area contributed by atoms with Gasteiger partial charge in [-0.05, 0) is 38.6 Å². The van der Waals surface area contributed by atoms with Crippen LogP contribution in [-0.2, 0) is 4.74 Å². The van der Waals surface area contributed by atoms with Crippen molar-refractivity contribution in [2.24, 2.45) is 5.92 Å². The van der Waals surface area contributed by atoms with Crippen molar-refractivity contribution in [1.29, 1.82) is 0 Å². The Morgan fingerprint density at radius 2 is 2.36 bits per heavy atom. The summed E-state index contributed by atoms with van der Waals surface area (Å²) in [6.45, 7) is 5.67. The van der Waals surface area contributed by atoms with Crippen molar-refractivity contribution < 1.29 is 9.84 Å². The molecular formula is C11H23NO2. The van der Waals surface area contributed by atoms with Crippen LogP contribution in [0.1, 0.15) is 26.2 Å². The molecule has 0 aromatic rings. The van der Waals surface area contributed by atoms with Gasteiger partial charge in [0.25, 0.3) is 0 Å². The van der Waals surface area contributed by atoms with E-state index >= 15 is 0 Å². The van der Waals surface area contributed by atoms with Gasteiger partial charge >= 0.3 is 0 Å². The highest BCUT2D eigenvalue weighted by molar-refractivity contribution is 4.76. The lowest BCUT2D eigenvalue weighted by Crippen LogP contribution is -2.43. The second-order valence-electron chi connectivity index (χ2n) is 4.32. The molecule has 0 radical (unpaired) electrons. The first kappa shape index (κ1) is 12.0. The van der Waals surface area contributed by atoms with Crippen LogP contribution in [0.15, 0.2) is 0 Å². The zero-order valence-electron chi connectivity index (χ0n) is 9.41. The zero-order valence-corrected chi connectivity index (χ0v) is 9.41. The quantitative estimate of drug-likeness (QED) is 0.723. The number of aliphatic hydroxyl groups is 1. The van der Waals surface area contributed by atoms with Crippen LogP contribution in [0.3, 0.4) is 0 Å². The summed E-state index contributed by atoms with van der Waals surface area (Å²) in [5, 5.41) is 8.90. The maximum absolute atomic E-state index is 8.90. The molecule has 14 heavy (non-hydrogen) atoms. The van der Waals surface area contributed by atoms with Crippen LogP contribution in [0.25, 0.3) is 0 Å². The molecule has 2 unspecified atom stereocenters. The third-order valence-electron chi connectivity index (χ3n) is 3.12. The predicted octanol–water partition coefficient (Wildman–Crippen LogP) is 1.12. The molecule has 2 atom stereocenters. The second-order valence-corrected chi connectivity index (χ2v) is 4.32. The fraction of sp³-hybridized carbons (Fsp3) is 1.00. The Kier molecular flexibility index (Phi) is 5.45. The molecule has 0 aromatic heterocycles. The predicted molar refractivity (Wildman–Crippen MR) is 57.3 cm³/mol. The summed E-state index contributed by atoms with van der Waals surface area (Å²) < 4.78 is 5.16. The number of hydrogen-bond donors (Lipinski definition) is 1. The summed E-state index contributed by atoms with van der Waals surface area (Å²) in [5.74, 6) is 0.688. The Morgan fingerprint density at radius 1 is 1.57 bits per heavy atom. The van der Waals surface area contributed by atoms with Gasteiger partial charge in [-0.1, -0.05) is 0 Å². The van der Waals surface area contributed by atoms with Gasteiger partial charge in [0.2, 0.25) is 0 Å². The van der Waals surface area contributed by atoms with Gasteiger partial charge in [-0.3, -0.25) is 4.90 Å². The number of methoxy groups -OCH3 is 1. The number of aliphatic hydroxyl groups excluding tert-OH is 1. The molecule has 1 saturated heterocycles. The summed E-state index contributed by atoms with van der Waals surface area (Å²) >= 11 is 0. The molecule has 1 aliphatic rings. The second kappa shape index (κ2) is 6.38. The van der Waals surface area contributed by atoms with E-state index in [4.69, 9.17) is 9.84 Å². The Bertz CT molecular complexity index is 146. The Balaban J connectivity index is 2.31. The van der Waals surface area contributed by atoms with Crippen LogP contribution in [-0.4, -0.2) is 49.5 Å². The molecule has 1 aliphatic heterocycles. The summed E-state index contributed by atoms with van der Waals surface area (Å²) in [4.78, 5) is 2.48. The monoisotopic (exact) mass is 201 g/mol. The van der Waals surface area contributed by atoms with Crippen LogP contribution in [0.2, 0.25) is 0 Å². The number of ether oxygens (including phenoxy) is 1. The minimum absolute atomic E-state index is 0.331. The fourth-order valence-electron chi connectivity index (χ4n) is 2.26. The van der Waals surface area contributed by atoms with Crippen LogP contribution in [0.5, 0.6) is 0 Å². The van der Waals surface area contributed by atoms with Gasteiger partial charge in [0, 0.05) is 26.3 Å². The first-order valence-corrected chi connectivity index (χ1v) is 5.61. The van der Waals surface area contributed by atoms with Crippen molar-refractivity contribution in [1.82, 2.24) is 4.90 Å². The van der Waals surface area contributed by atoms with Crippen molar-refractivity contribution in [2.45, 2.75) is 32.2 Å². The van der Waals surface area contributed by atoms with Gasteiger partial charge in [-0.15, -0.1) is 0 Å². The summed E-state index contributed by atoms with van der Waals surface area (Å²) in [7, 11) is 1.76. The topological polar surface area (TPSA) is 32.7 Å². The molecule has 0 aromatic carbocycles. The molecule has 1 fully saturated rings. The highest BCUT2D eigenvalue weighted by atomic mass is 16.5. The van der Waals surface area contributed by atoms with Crippen molar-refractivity contribution in [3.63, 3.8) is 0 Å². The SMILES string of the molecule is COCC(C)N1CCCC(CCO)C1. The summed E-state index contributed by atoms with van der Waals surface area (Å²) in [6, 6.07) is 0.515. The minimum Gasteiger partial charge on any atom is -0.396 e. The third kappa shape index (κ3) is 3.56. The standard InChI is InChI=1S/C11H23NO2/c1-10(9-14-2)12-6-3-4-11(8-12)5-7-13/h10-11,13H,3-9H2,1-2H3. The smallest absolute Gasteiger partial charge is 0.0615 e. The third-order valence-corrected chi connectivity index (χ3v) is 3.12. The Morgan fingerprint density at radius 3 is 3.00 bits per heavy atom. The Labute approximate surface area is 87.1 Å². The van der Waals surface area contributed by atoms with Gasteiger partial charge < -0.3 is 9.84 Å². The lowest BCUT2D eigenvalue weighted by Gasteiger charge is -2.36. The molecule has 3 nitrogen and oxygen atoms in total. The van der Waals surface area contributed by atoms with E-state index in [2.05, 4.69) is 11.8 Å². The van der Waals surface area contributed by atoms with Crippen molar-refractivity contribution in [2.75, 3.05) is 33.4 Å². The normalized spacial score (nSPS) is 26.4. The number of rotatable bonds is 5. The van der Waals surface area contributed by atoms with E-state index in [-0.39, 0.29) is 0 Å². The molecule has 1 heterocycles. The maximum Gasteiger partial charge on any atom is 0.0615 e. The largest absolute Gasteiger partial charge is 0.396 e. The highest BCUT2D eigenvalue weighted by Crippen LogP contribution is 2.20. The lowest BCUT2D eigenvalue weighted by atomic mass is 9.94. The van der Waals surface area contributed by atoms with Crippen molar-refractivity contribution >= 4 is 0 Å². The van der Waals surface area contributed by atoms with Crippen molar-refractivity contribution in [3.05, 3.63) is 0 Å². The number of piperidine rings is 1. The first-order chi connectivity index (χ1) is 6.77. The lowest BCUT2D eigenvalue weighted by molar-refractivity contribution is 0.0622. The van der Waals surface area contributed by atoms with Crippen LogP contribution < -0.4 is 0 Å². The molecular weight excluding hydrogens is 178 g/mol. The molecule has 1 N–H and O–H groups in total. The van der Waals surface area contributed by atoms with E-state index in [0.717, 1.165) is 19.6 Å². The summed E-state index contributed by atoms with van der Waals surface area (Å²) in [6.07, 6.45) is 3.49. The van der Waals surface area contributed by atoms with Crippen LogP contribution in [0.4, 0.5) is 0 Å². The van der Waals surface area contributed by atoms with Gasteiger partial charge in [0.15, 0.2) is 0 Å². The van der Waals surface area contributed by atoms with E-state index in [0.29, 0.717) is 18.6 Å². The Hall–Kier alpha value is -0.120. The molecule has 0 aliphatic carbocycles. The maximum atomic E-state index is 8.90. The molecule has 84 valence electrons.